The molecular formula is C16H15ClFNO3. The van der Waals surface area contributed by atoms with Crippen molar-refractivity contribution in [3.05, 3.63) is 64.9 Å². The second-order valence-corrected chi connectivity index (χ2v) is 5.03. The first kappa shape index (κ1) is 16.3. The van der Waals surface area contributed by atoms with Crippen LogP contribution >= 0.6 is 11.6 Å². The highest BCUT2D eigenvalue weighted by Crippen LogP contribution is 2.16. The number of ether oxygens (including phenoxy) is 1. The summed E-state index contributed by atoms with van der Waals surface area (Å²) >= 11 is 5.76. The molecule has 2 aromatic rings. The van der Waals surface area contributed by atoms with Crippen LogP contribution in [0.25, 0.3) is 0 Å². The Morgan fingerprint density at radius 1 is 1.23 bits per heavy atom. The van der Waals surface area contributed by atoms with E-state index in [-0.39, 0.29) is 18.9 Å². The number of carbonyl (C=O) groups is 1. The molecule has 1 atom stereocenters. The van der Waals surface area contributed by atoms with Crippen LogP contribution in [0.2, 0.25) is 5.02 Å². The summed E-state index contributed by atoms with van der Waals surface area (Å²) in [5.41, 5.74) is 0.639. The maximum Gasteiger partial charge on any atom is 0.258 e. The minimum absolute atomic E-state index is 0.0101. The Morgan fingerprint density at radius 2 is 1.91 bits per heavy atom. The highest BCUT2D eigenvalue weighted by molar-refractivity contribution is 6.30. The zero-order chi connectivity index (χ0) is 15.9. The monoisotopic (exact) mass is 323 g/mol. The highest BCUT2D eigenvalue weighted by Gasteiger charge is 2.10. The van der Waals surface area contributed by atoms with Gasteiger partial charge >= 0.3 is 0 Å². The molecular weight excluding hydrogens is 309 g/mol. The average Bonchev–Trinajstić information content (AvgIpc) is 2.52. The smallest absolute Gasteiger partial charge is 0.258 e. The van der Waals surface area contributed by atoms with Crippen molar-refractivity contribution >= 4 is 17.5 Å². The van der Waals surface area contributed by atoms with E-state index in [0.717, 1.165) is 0 Å². The van der Waals surface area contributed by atoms with Gasteiger partial charge in [0.2, 0.25) is 0 Å². The van der Waals surface area contributed by atoms with Gasteiger partial charge in [-0.2, -0.15) is 0 Å². The average molecular weight is 324 g/mol. The standard InChI is InChI=1S/C16H15ClFNO3/c17-12-7-5-11(6-8-12)14(20)9-19-16(21)10-22-15-4-2-1-3-13(15)18/h1-8,14,20H,9-10H2,(H,19,21). The third-order valence-electron chi connectivity index (χ3n) is 2.94. The molecule has 0 aliphatic heterocycles. The van der Waals surface area contributed by atoms with E-state index in [9.17, 15) is 14.3 Å². The summed E-state index contributed by atoms with van der Waals surface area (Å²) in [6.07, 6.45) is -0.852. The summed E-state index contributed by atoms with van der Waals surface area (Å²) in [5, 5.41) is 13.0. The molecule has 2 N–H and O–H groups in total. The zero-order valence-corrected chi connectivity index (χ0v) is 12.4. The van der Waals surface area contributed by atoms with Gasteiger partial charge < -0.3 is 15.2 Å². The number of rotatable bonds is 6. The normalized spacial score (nSPS) is 11.8. The van der Waals surface area contributed by atoms with E-state index in [1.165, 1.54) is 18.2 Å². The molecule has 6 heteroatoms. The lowest BCUT2D eigenvalue weighted by molar-refractivity contribution is -0.123. The minimum atomic E-state index is -0.852. The van der Waals surface area contributed by atoms with Gasteiger partial charge in [0.25, 0.3) is 5.91 Å². The van der Waals surface area contributed by atoms with Crippen LogP contribution in [0.5, 0.6) is 5.75 Å². The van der Waals surface area contributed by atoms with Crippen LogP contribution in [0.3, 0.4) is 0 Å². The van der Waals surface area contributed by atoms with E-state index >= 15 is 0 Å². The van der Waals surface area contributed by atoms with Crippen LogP contribution in [-0.4, -0.2) is 24.2 Å². The molecule has 0 aliphatic rings. The first-order chi connectivity index (χ1) is 10.6. The lowest BCUT2D eigenvalue weighted by Crippen LogP contribution is -2.32. The number of nitrogens with one attached hydrogen (secondary N) is 1. The summed E-state index contributed by atoms with van der Waals surface area (Å²) in [7, 11) is 0. The zero-order valence-electron chi connectivity index (χ0n) is 11.6. The number of para-hydroxylation sites is 1. The van der Waals surface area contributed by atoms with E-state index in [1.54, 1.807) is 30.3 Å². The molecule has 1 unspecified atom stereocenters. The van der Waals surface area contributed by atoms with Gasteiger partial charge in [-0.05, 0) is 29.8 Å². The number of hydrogen-bond acceptors (Lipinski definition) is 3. The molecule has 4 nitrogen and oxygen atoms in total. The van der Waals surface area contributed by atoms with Crippen LogP contribution in [0.4, 0.5) is 4.39 Å². The number of carbonyl (C=O) groups excluding carboxylic acids is 1. The Kier molecular flexibility index (Phi) is 5.75. The molecule has 0 radical (unpaired) electrons. The molecule has 22 heavy (non-hydrogen) atoms. The largest absolute Gasteiger partial charge is 0.481 e. The molecule has 2 aromatic carbocycles. The summed E-state index contributed by atoms with van der Waals surface area (Å²) in [5.74, 6) is -0.969. The molecule has 2 rings (SSSR count). The lowest BCUT2D eigenvalue weighted by Gasteiger charge is -2.13. The molecule has 0 bridgehead atoms. The van der Waals surface area contributed by atoms with Gasteiger partial charge in [0.05, 0.1) is 6.10 Å². The Balaban J connectivity index is 1.78. The summed E-state index contributed by atoms with van der Waals surface area (Å²) < 4.78 is 18.4. The fraction of sp³-hybridized carbons (Fsp3) is 0.188. The number of aliphatic hydroxyl groups excluding tert-OH is 1. The third kappa shape index (κ3) is 4.72. The van der Waals surface area contributed by atoms with Crippen LogP contribution in [0.1, 0.15) is 11.7 Å². The predicted molar refractivity (Wildman–Crippen MR) is 81.3 cm³/mol. The molecule has 0 saturated carbocycles. The number of amides is 1. The first-order valence-electron chi connectivity index (χ1n) is 6.64. The number of halogens is 2. The highest BCUT2D eigenvalue weighted by atomic mass is 35.5. The number of hydrogen-bond donors (Lipinski definition) is 2. The van der Waals surface area contributed by atoms with Crippen LogP contribution < -0.4 is 10.1 Å². The van der Waals surface area contributed by atoms with E-state index in [0.29, 0.717) is 10.6 Å². The second kappa shape index (κ2) is 7.77. The molecule has 0 saturated heterocycles. The first-order valence-corrected chi connectivity index (χ1v) is 7.01. The Labute approximate surface area is 132 Å². The van der Waals surface area contributed by atoms with Gasteiger partial charge in [-0.25, -0.2) is 4.39 Å². The fourth-order valence-corrected chi connectivity index (χ4v) is 1.90. The van der Waals surface area contributed by atoms with E-state index in [2.05, 4.69) is 5.32 Å². The van der Waals surface area contributed by atoms with E-state index < -0.39 is 17.8 Å². The summed E-state index contributed by atoms with van der Waals surface area (Å²) in [6, 6.07) is 12.5. The molecule has 0 aliphatic carbocycles. The summed E-state index contributed by atoms with van der Waals surface area (Å²) in [6.45, 7) is -0.296. The summed E-state index contributed by atoms with van der Waals surface area (Å²) in [4.78, 5) is 11.6. The second-order valence-electron chi connectivity index (χ2n) is 4.59. The van der Waals surface area contributed by atoms with Gasteiger partial charge in [0.15, 0.2) is 18.2 Å². The van der Waals surface area contributed by atoms with Crippen LogP contribution in [0, 0.1) is 5.82 Å². The Morgan fingerprint density at radius 3 is 2.59 bits per heavy atom. The van der Waals surface area contributed by atoms with Gasteiger partial charge in [-0.3, -0.25) is 4.79 Å². The molecule has 1 amide bonds. The molecule has 0 aromatic heterocycles. The number of benzene rings is 2. The van der Waals surface area contributed by atoms with Crippen molar-refractivity contribution in [3.63, 3.8) is 0 Å². The molecule has 0 fully saturated rings. The Hall–Kier alpha value is -2.11. The third-order valence-corrected chi connectivity index (χ3v) is 3.19. The molecule has 0 heterocycles. The van der Waals surface area contributed by atoms with Gasteiger partial charge in [0.1, 0.15) is 0 Å². The molecule has 0 spiro atoms. The van der Waals surface area contributed by atoms with Crippen molar-refractivity contribution in [1.82, 2.24) is 5.32 Å². The fourth-order valence-electron chi connectivity index (χ4n) is 1.77. The Bertz CT molecular complexity index is 634. The topological polar surface area (TPSA) is 58.6 Å². The van der Waals surface area contributed by atoms with Crippen molar-refractivity contribution in [3.8, 4) is 5.75 Å². The number of aliphatic hydroxyl groups is 1. The quantitative estimate of drug-likeness (QED) is 0.859. The lowest BCUT2D eigenvalue weighted by atomic mass is 10.1. The predicted octanol–water partition coefficient (Wildman–Crippen LogP) is 2.71. The van der Waals surface area contributed by atoms with Crippen LogP contribution in [0.15, 0.2) is 48.5 Å². The van der Waals surface area contributed by atoms with Crippen molar-refractivity contribution in [2.24, 2.45) is 0 Å². The van der Waals surface area contributed by atoms with Crippen LogP contribution in [-0.2, 0) is 4.79 Å². The van der Waals surface area contributed by atoms with Gasteiger partial charge in [0, 0.05) is 11.6 Å². The van der Waals surface area contributed by atoms with Crippen molar-refractivity contribution in [2.45, 2.75) is 6.10 Å². The van der Waals surface area contributed by atoms with E-state index in [4.69, 9.17) is 16.3 Å². The van der Waals surface area contributed by atoms with Crippen molar-refractivity contribution in [1.29, 1.82) is 0 Å². The van der Waals surface area contributed by atoms with Gasteiger partial charge in [-0.1, -0.05) is 35.9 Å². The minimum Gasteiger partial charge on any atom is -0.481 e. The maximum absolute atomic E-state index is 13.3. The van der Waals surface area contributed by atoms with Gasteiger partial charge in [-0.15, -0.1) is 0 Å². The van der Waals surface area contributed by atoms with Crippen molar-refractivity contribution in [2.75, 3.05) is 13.2 Å². The maximum atomic E-state index is 13.3. The molecule has 116 valence electrons. The van der Waals surface area contributed by atoms with Crippen molar-refractivity contribution < 1.29 is 19.0 Å². The SMILES string of the molecule is O=C(COc1ccccc1F)NCC(O)c1ccc(Cl)cc1. The van der Waals surface area contributed by atoms with E-state index in [1.807, 2.05) is 0 Å².